The predicted octanol–water partition coefficient (Wildman–Crippen LogP) is 4.14. The van der Waals surface area contributed by atoms with E-state index in [2.05, 4.69) is 23.8 Å². The van der Waals surface area contributed by atoms with Gasteiger partial charge in [0.05, 0.1) is 12.6 Å². The minimum Gasteiger partial charge on any atom is -0.369 e. The van der Waals surface area contributed by atoms with Crippen LogP contribution in [-0.2, 0) is 16.4 Å². The highest BCUT2D eigenvalue weighted by molar-refractivity contribution is 7.90. The molecule has 35 heavy (non-hydrogen) atoms. The van der Waals surface area contributed by atoms with Crippen LogP contribution < -0.4 is 16.0 Å². The molecule has 2 aromatic carbocycles. The Morgan fingerprint density at radius 3 is 2.86 bits per heavy atom. The topological polar surface area (TPSA) is 108 Å². The van der Waals surface area contributed by atoms with Crippen molar-refractivity contribution < 1.29 is 13.2 Å². The molecule has 4 rings (SSSR count). The van der Waals surface area contributed by atoms with Crippen LogP contribution in [0.2, 0.25) is 5.02 Å². The van der Waals surface area contributed by atoms with Gasteiger partial charge in [-0.05, 0) is 47.7 Å². The summed E-state index contributed by atoms with van der Waals surface area (Å²) in [5.41, 5.74) is 9.16. The molecule has 2 unspecified atom stereocenters. The number of fused-ring (bicyclic) bond motifs is 1. The molecule has 0 aromatic heterocycles. The van der Waals surface area contributed by atoms with Gasteiger partial charge in [-0.2, -0.15) is 0 Å². The fourth-order valence-corrected chi connectivity index (χ4v) is 6.35. The highest BCUT2D eigenvalue weighted by atomic mass is 35.5. The number of amides is 2. The van der Waals surface area contributed by atoms with Crippen LogP contribution in [0.15, 0.2) is 60.1 Å². The van der Waals surface area contributed by atoms with E-state index in [1.165, 1.54) is 6.08 Å². The van der Waals surface area contributed by atoms with Gasteiger partial charge in [0.25, 0.3) is 0 Å². The smallest absolute Gasteiger partial charge is 0.321 e. The van der Waals surface area contributed by atoms with Crippen LogP contribution in [0.1, 0.15) is 47.7 Å². The van der Waals surface area contributed by atoms with Crippen molar-refractivity contribution in [1.29, 1.82) is 0 Å². The number of nitrogens with zero attached hydrogens (tertiary/aromatic N) is 3. The van der Waals surface area contributed by atoms with E-state index in [9.17, 15) is 13.2 Å². The van der Waals surface area contributed by atoms with Crippen molar-refractivity contribution in [2.45, 2.75) is 37.5 Å². The van der Waals surface area contributed by atoms with Gasteiger partial charge in [0.1, 0.15) is 5.25 Å². The third-order valence-electron chi connectivity index (χ3n) is 6.34. The van der Waals surface area contributed by atoms with Crippen LogP contribution in [0.25, 0.3) is 0 Å². The molecular weight excluding hydrogens is 486 g/mol. The highest BCUT2D eigenvalue weighted by Gasteiger charge is 2.39. The van der Waals surface area contributed by atoms with Crippen molar-refractivity contribution in [2.75, 3.05) is 24.5 Å². The van der Waals surface area contributed by atoms with Gasteiger partial charge in [0, 0.05) is 23.8 Å². The van der Waals surface area contributed by atoms with Gasteiger partial charge in [-0.15, -0.1) is 6.58 Å². The third kappa shape index (κ3) is 5.01. The summed E-state index contributed by atoms with van der Waals surface area (Å²) in [6, 6.07) is 12.0. The third-order valence-corrected chi connectivity index (χ3v) is 8.63. The lowest BCUT2D eigenvalue weighted by atomic mass is 10.1. The second kappa shape index (κ2) is 10.3. The van der Waals surface area contributed by atoms with Gasteiger partial charge in [-0.25, -0.2) is 22.5 Å². The number of benzene rings is 2. The van der Waals surface area contributed by atoms with Crippen LogP contribution >= 0.6 is 11.6 Å². The number of aliphatic imine (C=N–C) groups is 1. The Labute approximate surface area is 211 Å². The average molecular weight is 516 g/mol. The Hall–Kier alpha value is -3.04. The molecule has 10 heteroatoms. The molecule has 3 N–H and O–H groups in total. The molecule has 186 valence electrons. The molecule has 0 radical (unpaired) electrons. The summed E-state index contributed by atoms with van der Waals surface area (Å²) in [6.45, 7) is 7.13. The second-order valence-corrected chi connectivity index (χ2v) is 11.1. The molecule has 2 amide bonds. The van der Waals surface area contributed by atoms with E-state index >= 15 is 0 Å². The molecule has 0 fully saturated rings. The standard InChI is InChI=1S/C25H30ClN5O3S/c1-3-5-12-28-25(32)30-13-11-18-14-19(9-10-22(18)30)23(4-2)35(33,34)31-16-21(29-24(31)27)17-7-6-8-20(26)15-17/h4,6-10,14-15,21,23H,2-3,5,11-13,16H2,1H3,(H2,27,29)(H,28,32). The Balaban J connectivity index is 1.54. The number of guanidine groups is 1. The van der Waals surface area contributed by atoms with Crippen LogP contribution in [0.5, 0.6) is 0 Å². The first-order chi connectivity index (χ1) is 16.8. The van der Waals surface area contributed by atoms with E-state index in [4.69, 9.17) is 17.3 Å². The van der Waals surface area contributed by atoms with Gasteiger partial charge < -0.3 is 11.1 Å². The van der Waals surface area contributed by atoms with Crippen LogP contribution in [0.4, 0.5) is 10.5 Å². The first kappa shape index (κ1) is 25.1. The maximum absolute atomic E-state index is 13.6. The SMILES string of the molecule is C=CC(c1ccc2c(c1)CCN2C(=O)NCCCC)S(=O)(=O)N1CC(c2cccc(Cl)c2)N=C1N. The van der Waals surface area contributed by atoms with E-state index in [1.807, 2.05) is 12.1 Å². The number of rotatable bonds is 8. The predicted molar refractivity (Wildman–Crippen MR) is 140 cm³/mol. The molecule has 2 aliphatic rings. The number of carbonyl (C=O) groups is 1. The number of hydrogen-bond acceptors (Lipinski definition) is 5. The summed E-state index contributed by atoms with van der Waals surface area (Å²) in [7, 11) is -3.93. The number of hydrogen-bond donors (Lipinski definition) is 2. The molecule has 2 heterocycles. The number of halogens is 1. The molecule has 2 atom stereocenters. The Kier molecular flexibility index (Phi) is 7.37. The summed E-state index contributed by atoms with van der Waals surface area (Å²) in [4.78, 5) is 18.6. The number of urea groups is 1. The first-order valence-corrected chi connectivity index (χ1v) is 13.6. The number of unbranched alkanes of at least 4 members (excludes halogenated alkanes) is 1. The van der Waals surface area contributed by atoms with Crippen LogP contribution in [0, 0.1) is 0 Å². The fourth-order valence-electron chi connectivity index (χ4n) is 4.49. The lowest BCUT2D eigenvalue weighted by Crippen LogP contribution is -2.41. The van der Waals surface area contributed by atoms with Gasteiger partial charge >= 0.3 is 6.03 Å². The van der Waals surface area contributed by atoms with Crippen molar-refractivity contribution in [3.63, 3.8) is 0 Å². The van der Waals surface area contributed by atoms with E-state index in [0.717, 1.165) is 34.0 Å². The van der Waals surface area contributed by atoms with Crippen molar-refractivity contribution in [3.05, 3.63) is 76.8 Å². The fraction of sp³-hybridized carbons (Fsp3) is 0.360. The maximum atomic E-state index is 13.6. The van der Waals surface area contributed by atoms with E-state index in [-0.39, 0.29) is 18.5 Å². The summed E-state index contributed by atoms with van der Waals surface area (Å²) >= 11 is 6.09. The number of carbonyl (C=O) groups excluding carboxylic acids is 1. The lowest BCUT2D eigenvalue weighted by Gasteiger charge is -2.24. The molecule has 2 aromatic rings. The quantitative estimate of drug-likeness (QED) is 0.407. The van der Waals surface area contributed by atoms with Crippen molar-refractivity contribution >= 4 is 39.3 Å². The zero-order valence-corrected chi connectivity index (χ0v) is 21.2. The Bertz CT molecular complexity index is 1260. The zero-order valence-electron chi connectivity index (χ0n) is 19.7. The summed E-state index contributed by atoms with van der Waals surface area (Å²) < 4.78 is 28.4. The van der Waals surface area contributed by atoms with Crippen LogP contribution in [0.3, 0.4) is 0 Å². The zero-order chi connectivity index (χ0) is 25.2. The lowest BCUT2D eigenvalue weighted by molar-refractivity contribution is 0.246. The van der Waals surface area contributed by atoms with E-state index in [1.54, 1.807) is 35.2 Å². The number of sulfonamides is 1. The summed E-state index contributed by atoms with van der Waals surface area (Å²) in [5.74, 6) is -0.0575. The monoisotopic (exact) mass is 515 g/mol. The number of nitrogens with two attached hydrogens (primary N) is 1. The molecule has 0 saturated carbocycles. The molecular formula is C25H30ClN5O3S. The van der Waals surface area contributed by atoms with Gasteiger partial charge in [-0.1, -0.05) is 55.3 Å². The highest BCUT2D eigenvalue weighted by Crippen LogP contribution is 2.36. The van der Waals surface area contributed by atoms with Crippen molar-refractivity contribution in [1.82, 2.24) is 9.62 Å². The van der Waals surface area contributed by atoms with Crippen LogP contribution in [-0.4, -0.2) is 44.3 Å². The molecule has 8 nitrogen and oxygen atoms in total. The number of anilines is 1. The van der Waals surface area contributed by atoms with Gasteiger partial charge in [0.2, 0.25) is 16.0 Å². The Morgan fingerprint density at radius 1 is 1.34 bits per heavy atom. The van der Waals surface area contributed by atoms with Gasteiger partial charge in [-0.3, -0.25) is 4.90 Å². The molecule has 0 spiro atoms. The molecule has 2 aliphatic heterocycles. The Morgan fingerprint density at radius 2 is 2.14 bits per heavy atom. The second-order valence-electron chi connectivity index (χ2n) is 8.67. The molecule has 0 saturated heterocycles. The normalized spacial score (nSPS) is 18.2. The summed E-state index contributed by atoms with van der Waals surface area (Å²) in [5, 5.41) is 2.48. The molecule has 0 aliphatic carbocycles. The minimum atomic E-state index is -3.93. The van der Waals surface area contributed by atoms with Crippen molar-refractivity contribution in [3.8, 4) is 0 Å². The largest absolute Gasteiger partial charge is 0.369 e. The summed E-state index contributed by atoms with van der Waals surface area (Å²) in [6.07, 6.45) is 3.98. The maximum Gasteiger partial charge on any atom is 0.321 e. The minimum absolute atomic E-state index is 0.0575. The van der Waals surface area contributed by atoms with E-state index < -0.39 is 21.3 Å². The average Bonchev–Trinajstić information content (AvgIpc) is 3.43. The molecule has 0 bridgehead atoms. The number of nitrogens with one attached hydrogen (secondary N) is 1. The van der Waals surface area contributed by atoms with Crippen molar-refractivity contribution in [2.24, 2.45) is 10.7 Å². The van der Waals surface area contributed by atoms with E-state index in [0.29, 0.717) is 30.1 Å². The van der Waals surface area contributed by atoms with Gasteiger partial charge in [0.15, 0.2) is 0 Å². The first-order valence-electron chi connectivity index (χ1n) is 11.7.